The van der Waals surface area contributed by atoms with Gasteiger partial charge in [0.2, 0.25) is 5.91 Å². The van der Waals surface area contributed by atoms with Gasteiger partial charge in [-0.15, -0.1) is 8.78 Å². The molecule has 3 aliphatic carbocycles. The molecule has 34 heavy (non-hydrogen) atoms. The van der Waals surface area contributed by atoms with Gasteiger partial charge in [-0.25, -0.2) is 4.79 Å². The monoisotopic (exact) mass is 465 g/mol. The van der Waals surface area contributed by atoms with Crippen molar-refractivity contribution in [3.8, 4) is 23.3 Å². The summed E-state index contributed by atoms with van der Waals surface area (Å²) in [5.41, 5.74) is 1.76. The molecule has 1 heterocycles. The summed E-state index contributed by atoms with van der Waals surface area (Å²) in [6.07, 6.45) is 6.80. The number of carboxylic acids is 1. The molecule has 2 atom stereocenters. The molecule has 0 spiro atoms. The van der Waals surface area contributed by atoms with Gasteiger partial charge in [0.1, 0.15) is 6.04 Å². The lowest BCUT2D eigenvalue weighted by atomic mass is 9.85. The van der Waals surface area contributed by atoms with E-state index in [-0.39, 0.29) is 28.9 Å². The Balaban J connectivity index is 1.37. The molecule has 1 amide bonds. The Morgan fingerprint density at radius 1 is 1.18 bits per heavy atom. The van der Waals surface area contributed by atoms with Gasteiger partial charge in [0.05, 0.1) is 11.0 Å². The van der Waals surface area contributed by atoms with E-state index in [9.17, 15) is 23.5 Å². The Hall–Kier alpha value is -3.86. The molecule has 0 saturated heterocycles. The van der Waals surface area contributed by atoms with Gasteiger partial charge in [0.15, 0.2) is 11.5 Å². The molecular weight excluding hydrogens is 444 g/mol. The number of carboxylic acid groups (broad SMARTS) is 1. The van der Waals surface area contributed by atoms with Crippen LogP contribution in [-0.4, -0.2) is 29.3 Å². The molecule has 0 radical (unpaired) electrons. The number of alkyl halides is 2. The molecule has 1 fully saturated rings. The second kappa shape index (κ2) is 7.87. The number of amides is 1. The number of rotatable bonds is 5. The van der Waals surface area contributed by atoms with Crippen LogP contribution in [0, 0.1) is 17.8 Å². The fraction of sp³-hybridized carbons (Fsp3) is 0.308. The molecule has 2 N–H and O–H groups in total. The van der Waals surface area contributed by atoms with Gasteiger partial charge in [-0.1, -0.05) is 36.1 Å². The number of halogens is 2. The van der Waals surface area contributed by atoms with Gasteiger partial charge in [0.25, 0.3) is 0 Å². The largest absolute Gasteiger partial charge is 0.586 e. The zero-order chi connectivity index (χ0) is 24.1. The molecule has 0 bridgehead atoms. The number of nitrogens with one attached hydrogen (secondary N) is 1. The van der Waals surface area contributed by atoms with Gasteiger partial charge in [-0.2, -0.15) is 0 Å². The zero-order valence-corrected chi connectivity index (χ0v) is 18.2. The summed E-state index contributed by atoms with van der Waals surface area (Å²) in [6, 6.07) is 3.84. The molecule has 0 aromatic heterocycles. The molecule has 1 aliphatic heterocycles. The highest BCUT2D eigenvalue weighted by Crippen LogP contribution is 2.52. The number of hydrogen-bond donors (Lipinski definition) is 2. The highest BCUT2D eigenvalue weighted by molar-refractivity contribution is 5.92. The summed E-state index contributed by atoms with van der Waals surface area (Å²) in [5.74, 6) is 4.42. The number of benzene rings is 1. The van der Waals surface area contributed by atoms with Gasteiger partial charge < -0.3 is 19.9 Å². The predicted octanol–water partition coefficient (Wildman–Crippen LogP) is 4.00. The van der Waals surface area contributed by atoms with Crippen molar-refractivity contribution in [2.45, 2.75) is 43.9 Å². The number of carbonyl (C=O) groups excluding carboxylic acids is 1. The second-order valence-electron chi connectivity index (χ2n) is 8.77. The zero-order valence-electron chi connectivity index (χ0n) is 18.2. The summed E-state index contributed by atoms with van der Waals surface area (Å²) < 4.78 is 35.8. The molecule has 2 unspecified atom stereocenters. The Morgan fingerprint density at radius 3 is 2.68 bits per heavy atom. The van der Waals surface area contributed by atoms with E-state index < -0.39 is 23.7 Å². The highest BCUT2D eigenvalue weighted by atomic mass is 19.3. The summed E-state index contributed by atoms with van der Waals surface area (Å²) in [7, 11) is 0. The van der Waals surface area contributed by atoms with Crippen molar-refractivity contribution >= 4 is 11.9 Å². The minimum absolute atomic E-state index is 0.0657. The lowest BCUT2D eigenvalue weighted by molar-refractivity contribution is -0.286. The third-order valence-electron chi connectivity index (χ3n) is 6.47. The van der Waals surface area contributed by atoms with Crippen LogP contribution in [0.1, 0.15) is 31.7 Å². The minimum atomic E-state index is -3.72. The summed E-state index contributed by atoms with van der Waals surface area (Å²) >= 11 is 0. The Morgan fingerprint density at radius 2 is 1.94 bits per heavy atom. The van der Waals surface area contributed by atoms with Crippen molar-refractivity contribution in [3.63, 3.8) is 0 Å². The van der Waals surface area contributed by atoms with E-state index in [4.69, 9.17) is 0 Å². The third kappa shape index (κ3) is 3.98. The summed E-state index contributed by atoms with van der Waals surface area (Å²) in [5, 5.41) is 12.3. The molecule has 5 rings (SSSR count). The first-order chi connectivity index (χ1) is 16.2. The molecule has 1 aromatic carbocycles. The van der Waals surface area contributed by atoms with Crippen LogP contribution in [0.25, 0.3) is 0 Å². The maximum absolute atomic E-state index is 13.4. The first-order valence-electron chi connectivity index (χ1n) is 10.9. The Kier molecular flexibility index (Phi) is 5.08. The Labute approximate surface area is 194 Å². The van der Waals surface area contributed by atoms with Gasteiger partial charge in [-0.05, 0) is 67.2 Å². The van der Waals surface area contributed by atoms with Crippen LogP contribution in [-0.2, 0) is 15.0 Å². The smallest absolute Gasteiger partial charge is 0.478 e. The van der Waals surface area contributed by atoms with E-state index >= 15 is 0 Å². The number of carbonyl (C=O) groups is 2. The lowest BCUT2D eigenvalue weighted by Gasteiger charge is -2.22. The van der Waals surface area contributed by atoms with E-state index in [2.05, 4.69) is 26.6 Å². The predicted molar refractivity (Wildman–Crippen MR) is 118 cm³/mol. The van der Waals surface area contributed by atoms with Crippen LogP contribution in [0.5, 0.6) is 11.5 Å². The van der Waals surface area contributed by atoms with Crippen LogP contribution >= 0.6 is 0 Å². The second-order valence-corrected chi connectivity index (χ2v) is 8.77. The highest BCUT2D eigenvalue weighted by Gasteiger charge is 2.53. The fourth-order valence-corrected chi connectivity index (χ4v) is 4.51. The van der Waals surface area contributed by atoms with E-state index in [0.717, 1.165) is 11.1 Å². The number of fused-ring (bicyclic) bond motifs is 1. The van der Waals surface area contributed by atoms with Crippen molar-refractivity contribution in [1.29, 1.82) is 0 Å². The van der Waals surface area contributed by atoms with Crippen molar-refractivity contribution in [3.05, 3.63) is 70.9 Å². The third-order valence-corrected chi connectivity index (χ3v) is 6.47. The first kappa shape index (κ1) is 22.0. The fourth-order valence-electron chi connectivity index (χ4n) is 4.51. The first-order valence-corrected chi connectivity index (χ1v) is 10.9. The van der Waals surface area contributed by atoms with Crippen molar-refractivity contribution in [2.75, 3.05) is 0 Å². The SMILES string of the molecule is CC1=CC#CC(NC(=O)C2(c3ccc4c(c3)OC(F)(F)O4)CC2)C=C1C1C=C(C(=O)O)C=CC1. The lowest BCUT2D eigenvalue weighted by Crippen LogP contribution is -2.40. The van der Waals surface area contributed by atoms with Crippen LogP contribution in [0.3, 0.4) is 0 Å². The molecule has 8 heteroatoms. The molecule has 1 saturated carbocycles. The number of hydrogen-bond acceptors (Lipinski definition) is 4. The van der Waals surface area contributed by atoms with E-state index in [0.29, 0.717) is 24.8 Å². The van der Waals surface area contributed by atoms with Gasteiger partial charge in [0, 0.05) is 5.92 Å². The average Bonchev–Trinajstić information content (AvgIpc) is 3.56. The minimum Gasteiger partial charge on any atom is -0.478 e. The van der Waals surface area contributed by atoms with Crippen LogP contribution < -0.4 is 14.8 Å². The maximum atomic E-state index is 13.4. The molecule has 174 valence electrons. The van der Waals surface area contributed by atoms with Crippen molar-refractivity contribution in [1.82, 2.24) is 5.32 Å². The van der Waals surface area contributed by atoms with Crippen LogP contribution in [0.4, 0.5) is 8.78 Å². The van der Waals surface area contributed by atoms with Crippen molar-refractivity contribution < 1.29 is 33.0 Å². The number of aliphatic carboxylic acids is 1. The maximum Gasteiger partial charge on any atom is 0.586 e. The van der Waals surface area contributed by atoms with Gasteiger partial charge in [-0.3, -0.25) is 4.79 Å². The van der Waals surface area contributed by atoms with Crippen LogP contribution in [0.2, 0.25) is 0 Å². The van der Waals surface area contributed by atoms with E-state index in [1.165, 1.54) is 12.1 Å². The van der Waals surface area contributed by atoms with Gasteiger partial charge >= 0.3 is 12.3 Å². The Bertz CT molecular complexity index is 1270. The van der Waals surface area contributed by atoms with Crippen LogP contribution in [0.15, 0.2) is 65.3 Å². The molecule has 1 aromatic rings. The molecular formula is C26H21F2NO5. The van der Waals surface area contributed by atoms with Crippen molar-refractivity contribution in [2.24, 2.45) is 5.92 Å². The quantitative estimate of drug-likeness (QED) is 0.643. The topological polar surface area (TPSA) is 84.9 Å². The normalized spacial score (nSPS) is 25.1. The number of allylic oxidation sites excluding steroid dienone is 5. The van der Waals surface area contributed by atoms with E-state index in [1.807, 2.05) is 19.1 Å². The van der Waals surface area contributed by atoms with E-state index in [1.54, 1.807) is 24.3 Å². The summed E-state index contributed by atoms with van der Waals surface area (Å²) in [6.45, 7) is 1.90. The molecule has 4 aliphatic rings. The average molecular weight is 465 g/mol. The molecule has 6 nitrogen and oxygen atoms in total. The summed E-state index contributed by atoms with van der Waals surface area (Å²) in [4.78, 5) is 24.7. The standard InChI is InChI=1S/C26H21F2NO5/c1-15-4-2-7-19(14-20(15)16-5-3-6-17(12-16)23(30)31)29-24(32)25(10-11-25)18-8-9-21-22(13-18)34-26(27,28)33-21/h3-4,6,8-9,12-14,16,19H,5,10-11H2,1H3,(H,29,32)(H,30,31). The number of ether oxygens (including phenoxy) is 2.